The van der Waals surface area contributed by atoms with E-state index in [1.54, 1.807) is 17.5 Å². The van der Waals surface area contributed by atoms with Gasteiger partial charge in [-0.25, -0.2) is 4.98 Å². The fourth-order valence-electron chi connectivity index (χ4n) is 1.89. The van der Waals surface area contributed by atoms with Crippen molar-refractivity contribution in [3.05, 3.63) is 16.6 Å². The number of piperazine rings is 1. The molecular weight excluding hydrogens is 226 g/mol. The highest BCUT2D eigenvalue weighted by molar-refractivity contribution is 7.09. The Morgan fingerprint density at radius 2 is 2.62 bits per heavy atom. The number of carbonyl (C=O) groups is 1. The highest BCUT2D eigenvalue weighted by atomic mass is 32.1. The summed E-state index contributed by atoms with van der Waals surface area (Å²) >= 11 is 1.61. The van der Waals surface area contributed by atoms with E-state index in [4.69, 9.17) is 5.11 Å². The first-order valence-electron chi connectivity index (χ1n) is 5.28. The van der Waals surface area contributed by atoms with Crippen LogP contribution in [0.1, 0.15) is 18.0 Å². The summed E-state index contributed by atoms with van der Waals surface area (Å²) in [4.78, 5) is 17.3. The van der Waals surface area contributed by atoms with Gasteiger partial charge in [0.25, 0.3) is 0 Å². The van der Waals surface area contributed by atoms with Crippen LogP contribution in [0.4, 0.5) is 0 Å². The maximum atomic E-state index is 10.9. The van der Waals surface area contributed by atoms with Crippen LogP contribution in [-0.4, -0.2) is 46.6 Å². The summed E-state index contributed by atoms with van der Waals surface area (Å²) in [5, 5.41) is 15.0. The highest BCUT2D eigenvalue weighted by Crippen LogP contribution is 2.22. The van der Waals surface area contributed by atoms with Gasteiger partial charge in [-0.05, 0) is 6.92 Å². The molecule has 1 fully saturated rings. The van der Waals surface area contributed by atoms with E-state index in [1.807, 2.05) is 5.38 Å². The van der Waals surface area contributed by atoms with Crippen molar-refractivity contribution >= 4 is 17.3 Å². The number of carboxylic acids is 1. The zero-order valence-corrected chi connectivity index (χ0v) is 9.91. The van der Waals surface area contributed by atoms with E-state index in [0.29, 0.717) is 13.1 Å². The van der Waals surface area contributed by atoms with Crippen LogP contribution in [0.25, 0.3) is 0 Å². The van der Waals surface area contributed by atoms with Crippen LogP contribution in [0.3, 0.4) is 0 Å². The molecule has 2 unspecified atom stereocenters. The molecule has 0 spiro atoms. The average molecular weight is 241 g/mol. The van der Waals surface area contributed by atoms with E-state index >= 15 is 0 Å². The zero-order valence-electron chi connectivity index (χ0n) is 9.09. The molecule has 2 rings (SSSR count). The quantitative estimate of drug-likeness (QED) is 0.809. The van der Waals surface area contributed by atoms with E-state index in [2.05, 4.69) is 22.1 Å². The lowest BCUT2D eigenvalue weighted by Gasteiger charge is -2.34. The van der Waals surface area contributed by atoms with Gasteiger partial charge in [-0.2, -0.15) is 0 Å². The molecule has 0 radical (unpaired) electrons. The molecule has 16 heavy (non-hydrogen) atoms. The van der Waals surface area contributed by atoms with E-state index < -0.39 is 12.0 Å². The van der Waals surface area contributed by atoms with Crippen LogP contribution in [0.5, 0.6) is 0 Å². The van der Waals surface area contributed by atoms with Gasteiger partial charge in [0.05, 0.1) is 6.04 Å². The molecule has 1 saturated heterocycles. The largest absolute Gasteiger partial charge is 0.480 e. The number of carboxylic acid groups (broad SMARTS) is 1. The second kappa shape index (κ2) is 4.90. The minimum absolute atomic E-state index is 0.198. The first-order valence-corrected chi connectivity index (χ1v) is 6.16. The monoisotopic (exact) mass is 241 g/mol. The predicted octanol–water partition coefficient (Wildman–Crippen LogP) is 0.562. The summed E-state index contributed by atoms with van der Waals surface area (Å²) in [5.74, 6) is -0.781. The summed E-state index contributed by atoms with van der Waals surface area (Å²) in [7, 11) is 0. The Morgan fingerprint density at radius 1 is 1.81 bits per heavy atom. The zero-order chi connectivity index (χ0) is 11.5. The van der Waals surface area contributed by atoms with Crippen molar-refractivity contribution in [1.82, 2.24) is 15.2 Å². The SMILES string of the molecule is CC(c1nccs1)N1CCNC(C(=O)O)C1. The van der Waals surface area contributed by atoms with Crippen LogP contribution in [-0.2, 0) is 4.79 Å². The minimum atomic E-state index is -0.781. The molecule has 6 heteroatoms. The van der Waals surface area contributed by atoms with Crippen LogP contribution in [0.2, 0.25) is 0 Å². The first-order chi connectivity index (χ1) is 7.68. The molecule has 1 aliphatic rings. The average Bonchev–Trinajstić information content (AvgIpc) is 2.81. The topological polar surface area (TPSA) is 65.5 Å². The molecule has 0 aliphatic carbocycles. The van der Waals surface area contributed by atoms with Gasteiger partial charge in [0.2, 0.25) is 0 Å². The van der Waals surface area contributed by atoms with Crippen molar-refractivity contribution in [2.75, 3.05) is 19.6 Å². The van der Waals surface area contributed by atoms with Gasteiger partial charge in [0.1, 0.15) is 11.0 Å². The van der Waals surface area contributed by atoms with Crippen molar-refractivity contribution < 1.29 is 9.90 Å². The third-order valence-electron chi connectivity index (χ3n) is 2.86. The molecule has 2 atom stereocenters. The number of hydrogen-bond donors (Lipinski definition) is 2. The summed E-state index contributed by atoms with van der Waals surface area (Å²) in [6.45, 7) is 4.19. The molecule has 5 nitrogen and oxygen atoms in total. The predicted molar refractivity (Wildman–Crippen MR) is 61.5 cm³/mol. The van der Waals surface area contributed by atoms with E-state index in [9.17, 15) is 4.79 Å². The van der Waals surface area contributed by atoms with Gasteiger partial charge in [0.15, 0.2) is 0 Å². The normalized spacial score (nSPS) is 24.2. The Bertz CT molecular complexity index is 355. The summed E-state index contributed by atoms with van der Waals surface area (Å²) in [6.07, 6.45) is 1.79. The lowest BCUT2D eigenvalue weighted by molar-refractivity contribution is -0.140. The number of rotatable bonds is 3. The summed E-state index contributed by atoms with van der Waals surface area (Å²) in [5.41, 5.74) is 0. The smallest absolute Gasteiger partial charge is 0.322 e. The van der Waals surface area contributed by atoms with Crippen LogP contribution >= 0.6 is 11.3 Å². The van der Waals surface area contributed by atoms with Gasteiger partial charge < -0.3 is 10.4 Å². The minimum Gasteiger partial charge on any atom is -0.480 e. The molecule has 1 aromatic heterocycles. The molecule has 0 amide bonds. The molecule has 0 bridgehead atoms. The Labute approximate surface area is 98.1 Å². The van der Waals surface area contributed by atoms with Crippen molar-refractivity contribution in [3.8, 4) is 0 Å². The number of nitrogens with zero attached hydrogens (tertiary/aromatic N) is 2. The summed E-state index contributed by atoms with van der Waals surface area (Å²) in [6, 6.07) is -0.264. The van der Waals surface area contributed by atoms with Crippen molar-refractivity contribution in [3.63, 3.8) is 0 Å². The standard InChI is InChI=1S/C10H15N3O2S/c1-7(9-12-3-5-16-9)13-4-2-11-8(6-13)10(14)15/h3,5,7-8,11H,2,4,6H2,1H3,(H,14,15). The molecule has 0 saturated carbocycles. The van der Waals surface area contributed by atoms with E-state index in [-0.39, 0.29) is 6.04 Å². The third-order valence-corrected chi connectivity index (χ3v) is 3.81. The molecule has 2 heterocycles. The number of hydrogen-bond acceptors (Lipinski definition) is 5. The Balaban J connectivity index is 2.01. The molecule has 2 N–H and O–H groups in total. The molecular formula is C10H15N3O2S. The maximum Gasteiger partial charge on any atom is 0.322 e. The third kappa shape index (κ3) is 2.40. The fraction of sp³-hybridized carbons (Fsp3) is 0.600. The number of aliphatic carboxylic acids is 1. The number of aromatic nitrogens is 1. The van der Waals surface area contributed by atoms with Crippen molar-refractivity contribution in [1.29, 1.82) is 0 Å². The Morgan fingerprint density at radius 3 is 3.25 bits per heavy atom. The van der Waals surface area contributed by atoms with Crippen molar-refractivity contribution in [2.24, 2.45) is 0 Å². The van der Waals surface area contributed by atoms with E-state index in [1.165, 1.54) is 0 Å². The van der Waals surface area contributed by atoms with E-state index in [0.717, 1.165) is 11.6 Å². The Hall–Kier alpha value is -0.980. The molecule has 1 aliphatic heterocycles. The summed E-state index contributed by atoms with van der Waals surface area (Å²) < 4.78 is 0. The van der Waals surface area contributed by atoms with Gasteiger partial charge in [-0.15, -0.1) is 11.3 Å². The maximum absolute atomic E-state index is 10.9. The Kier molecular flexibility index (Phi) is 3.52. The second-order valence-corrected chi connectivity index (χ2v) is 4.81. The fourth-order valence-corrected chi connectivity index (χ4v) is 2.62. The highest BCUT2D eigenvalue weighted by Gasteiger charge is 2.28. The number of nitrogens with one attached hydrogen (secondary N) is 1. The van der Waals surface area contributed by atoms with Crippen molar-refractivity contribution in [2.45, 2.75) is 19.0 Å². The van der Waals surface area contributed by atoms with Crippen LogP contribution < -0.4 is 5.32 Å². The lowest BCUT2D eigenvalue weighted by atomic mass is 10.1. The molecule has 0 aromatic carbocycles. The van der Waals surface area contributed by atoms with Gasteiger partial charge >= 0.3 is 5.97 Å². The van der Waals surface area contributed by atoms with Gasteiger partial charge in [0, 0.05) is 31.2 Å². The van der Waals surface area contributed by atoms with Crippen LogP contribution in [0, 0.1) is 0 Å². The van der Waals surface area contributed by atoms with Gasteiger partial charge in [-0.3, -0.25) is 9.69 Å². The molecule has 1 aromatic rings. The molecule has 88 valence electrons. The first kappa shape index (κ1) is 11.5. The lowest BCUT2D eigenvalue weighted by Crippen LogP contribution is -2.54. The second-order valence-electron chi connectivity index (χ2n) is 3.89. The van der Waals surface area contributed by atoms with Gasteiger partial charge in [-0.1, -0.05) is 0 Å². The number of thiazole rings is 1. The van der Waals surface area contributed by atoms with Crippen LogP contribution in [0.15, 0.2) is 11.6 Å².